The Labute approximate surface area is 96.7 Å². The van der Waals surface area contributed by atoms with Crippen molar-refractivity contribution < 1.29 is 0 Å². The first-order valence-electron chi connectivity index (χ1n) is 5.99. The van der Waals surface area contributed by atoms with Gasteiger partial charge in [0.05, 0.1) is 0 Å². The molecule has 0 bridgehead atoms. The fraction of sp³-hybridized carbons (Fsp3) is 0.750. The number of imidazole rings is 1. The molecule has 1 aromatic rings. The van der Waals surface area contributed by atoms with E-state index in [9.17, 15) is 0 Å². The molecule has 1 aliphatic rings. The highest BCUT2D eigenvalue weighted by molar-refractivity contribution is 7.71. The third kappa shape index (κ3) is 2.94. The van der Waals surface area contributed by atoms with Crippen LogP contribution in [0.15, 0.2) is 12.4 Å². The van der Waals surface area contributed by atoms with Crippen LogP contribution in [0.5, 0.6) is 0 Å². The van der Waals surface area contributed by atoms with Crippen LogP contribution in [0.2, 0.25) is 0 Å². The van der Waals surface area contributed by atoms with Gasteiger partial charge < -0.3 is 9.55 Å². The molecule has 2 nitrogen and oxygen atoms in total. The molecule has 1 fully saturated rings. The first-order chi connectivity index (χ1) is 7.25. The van der Waals surface area contributed by atoms with Crippen LogP contribution in [0.3, 0.4) is 0 Å². The molecule has 2 rings (SSSR count). The Morgan fingerprint density at radius 2 is 2.13 bits per heavy atom. The minimum absolute atomic E-state index is 0.860. The van der Waals surface area contributed by atoms with E-state index in [0.717, 1.165) is 23.2 Å². The Hall–Kier alpha value is -0.570. The minimum Gasteiger partial charge on any atom is -0.337 e. The molecule has 0 radical (unpaired) electrons. The molecular formula is C12H20N2S. The largest absolute Gasteiger partial charge is 0.337 e. The summed E-state index contributed by atoms with van der Waals surface area (Å²) in [5, 5.41) is 0. The summed E-state index contributed by atoms with van der Waals surface area (Å²) >= 11 is 5.18. The van der Waals surface area contributed by atoms with Crippen LogP contribution in [0.4, 0.5) is 0 Å². The molecule has 3 heteroatoms. The van der Waals surface area contributed by atoms with Gasteiger partial charge in [-0.15, -0.1) is 0 Å². The average Bonchev–Trinajstić information content (AvgIpc) is 2.63. The third-order valence-electron chi connectivity index (χ3n) is 3.64. The molecule has 0 aliphatic heterocycles. The maximum Gasteiger partial charge on any atom is 0.177 e. The van der Waals surface area contributed by atoms with Crippen molar-refractivity contribution in [1.82, 2.24) is 9.55 Å². The van der Waals surface area contributed by atoms with Crippen LogP contribution >= 0.6 is 12.2 Å². The summed E-state index contributed by atoms with van der Waals surface area (Å²) in [5.41, 5.74) is 0. The second-order valence-corrected chi connectivity index (χ2v) is 5.26. The zero-order valence-electron chi connectivity index (χ0n) is 9.41. The third-order valence-corrected chi connectivity index (χ3v) is 3.99. The predicted molar refractivity (Wildman–Crippen MR) is 65.4 cm³/mol. The Balaban J connectivity index is 1.79. The average molecular weight is 224 g/mol. The van der Waals surface area contributed by atoms with Crippen molar-refractivity contribution in [2.24, 2.45) is 11.8 Å². The lowest BCUT2D eigenvalue weighted by Crippen LogP contribution is -2.14. The van der Waals surface area contributed by atoms with Crippen LogP contribution in [0.25, 0.3) is 0 Å². The normalized spacial score (nSPS) is 26.7. The standard InChI is InChI=1S/C12H20N2S/c1-10-2-4-11(5-3-10)6-8-14-9-7-13-12(14)15/h7,9-11H,2-6,8H2,1H3,(H,13,15). The number of nitrogens with zero attached hydrogens (tertiary/aromatic N) is 1. The maximum absolute atomic E-state index is 5.18. The molecule has 1 aromatic heterocycles. The Kier molecular flexibility index (Phi) is 3.62. The Bertz CT molecular complexity index is 345. The maximum atomic E-state index is 5.18. The SMILES string of the molecule is CC1CCC(CCn2cc[nH]c2=S)CC1. The van der Waals surface area contributed by atoms with Gasteiger partial charge in [-0.3, -0.25) is 0 Å². The topological polar surface area (TPSA) is 20.7 Å². The van der Waals surface area contributed by atoms with E-state index in [1.165, 1.54) is 32.1 Å². The van der Waals surface area contributed by atoms with Crippen LogP contribution < -0.4 is 0 Å². The van der Waals surface area contributed by atoms with E-state index in [-0.39, 0.29) is 0 Å². The molecule has 0 atom stereocenters. The van der Waals surface area contributed by atoms with E-state index in [4.69, 9.17) is 12.2 Å². The molecule has 15 heavy (non-hydrogen) atoms. The Morgan fingerprint density at radius 3 is 2.73 bits per heavy atom. The molecular weight excluding hydrogens is 204 g/mol. The zero-order valence-corrected chi connectivity index (χ0v) is 10.2. The molecule has 0 saturated heterocycles. The summed E-state index contributed by atoms with van der Waals surface area (Å²) in [5.74, 6) is 1.88. The molecule has 1 aliphatic carbocycles. The molecule has 1 N–H and O–H groups in total. The van der Waals surface area contributed by atoms with Gasteiger partial charge in [-0.25, -0.2) is 0 Å². The smallest absolute Gasteiger partial charge is 0.177 e. The summed E-state index contributed by atoms with van der Waals surface area (Å²) < 4.78 is 3.01. The van der Waals surface area contributed by atoms with Crippen molar-refractivity contribution in [2.45, 2.75) is 45.6 Å². The highest BCUT2D eigenvalue weighted by atomic mass is 32.1. The molecule has 0 unspecified atom stereocenters. The Morgan fingerprint density at radius 1 is 1.40 bits per heavy atom. The van der Waals surface area contributed by atoms with Gasteiger partial charge >= 0.3 is 0 Å². The van der Waals surface area contributed by atoms with E-state index in [2.05, 4.69) is 16.5 Å². The van der Waals surface area contributed by atoms with E-state index in [0.29, 0.717) is 0 Å². The van der Waals surface area contributed by atoms with Crippen LogP contribution in [-0.4, -0.2) is 9.55 Å². The number of aromatic nitrogens is 2. The van der Waals surface area contributed by atoms with Gasteiger partial charge in [0.15, 0.2) is 4.77 Å². The number of aryl methyl sites for hydroxylation is 1. The van der Waals surface area contributed by atoms with Crippen molar-refractivity contribution in [2.75, 3.05) is 0 Å². The number of H-pyrrole nitrogens is 1. The highest BCUT2D eigenvalue weighted by Gasteiger charge is 2.17. The van der Waals surface area contributed by atoms with E-state index in [1.807, 2.05) is 12.4 Å². The summed E-state index contributed by atoms with van der Waals surface area (Å²) in [7, 11) is 0. The summed E-state index contributed by atoms with van der Waals surface area (Å²) in [6.07, 6.45) is 10.9. The number of rotatable bonds is 3. The molecule has 84 valence electrons. The number of nitrogens with one attached hydrogen (secondary N) is 1. The lowest BCUT2D eigenvalue weighted by Gasteiger charge is -2.26. The van der Waals surface area contributed by atoms with E-state index in [1.54, 1.807) is 0 Å². The summed E-state index contributed by atoms with van der Waals surface area (Å²) in [6.45, 7) is 3.46. The fourth-order valence-corrected chi connectivity index (χ4v) is 2.68. The van der Waals surface area contributed by atoms with Gasteiger partial charge in [-0.1, -0.05) is 32.6 Å². The zero-order chi connectivity index (χ0) is 10.7. The van der Waals surface area contributed by atoms with Gasteiger partial charge in [-0.2, -0.15) is 0 Å². The first-order valence-corrected chi connectivity index (χ1v) is 6.40. The highest BCUT2D eigenvalue weighted by Crippen LogP contribution is 2.30. The van der Waals surface area contributed by atoms with Gasteiger partial charge in [0, 0.05) is 18.9 Å². The fourth-order valence-electron chi connectivity index (χ4n) is 2.46. The van der Waals surface area contributed by atoms with Crippen LogP contribution in [0, 0.1) is 16.6 Å². The van der Waals surface area contributed by atoms with Crippen LogP contribution in [0.1, 0.15) is 39.0 Å². The van der Waals surface area contributed by atoms with Gasteiger partial charge in [-0.05, 0) is 30.5 Å². The molecule has 1 saturated carbocycles. The molecule has 0 spiro atoms. The van der Waals surface area contributed by atoms with Gasteiger partial charge in [0.2, 0.25) is 0 Å². The van der Waals surface area contributed by atoms with Crippen molar-refractivity contribution in [1.29, 1.82) is 0 Å². The molecule has 0 amide bonds. The summed E-state index contributed by atoms with van der Waals surface area (Å²) in [6, 6.07) is 0. The van der Waals surface area contributed by atoms with Gasteiger partial charge in [0.1, 0.15) is 0 Å². The van der Waals surface area contributed by atoms with E-state index >= 15 is 0 Å². The van der Waals surface area contributed by atoms with Gasteiger partial charge in [0.25, 0.3) is 0 Å². The summed E-state index contributed by atoms with van der Waals surface area (Å²) in [4.78, 5) is 3.04. The molecule has 0 aromatic carbocycles. The van der Waals surface area contributed by atoms with E-state index < -0.39 is 0 Å². The van der Waals surface area contributed by atoms with Crippen LogP contribution in [-0.2, 0) is 6.54 Å². The second kappa shape index (κ2) is 4.97. The van der Waals surface area contributed by atoms with Crippen molar-refractivity contribution in [3.63, 3.8) is 0 Å². The van der Waals surface area contributed by atoms with Crippen molar-refractivity contribution in [3.8, 4) is 0 Å². The number of aromatic amines is 1. The van der Waals surface area contributed by atoms with Crippen molar-refractivity contribution >= 4 is 12.2 Å². The number of hydrogen-bond acceptors (Lipinski definition) is 1. The lowest BCUT2D eigenvalue weighted by molar-refractivity contribution is 0.268. The second-order valence-electron chi connectivity index (χ2n) is 4.87. The van der Waals surface area contributed by atoms with Crippen molar-refractivity contribution in [3.05, 3.63) is 17.2 Å². The minimum atomic E-state index is 0.860. The molecule has 1 heterocycles. The monoisotopic (exact) mass is 224 g/mol. The lowest BCUT2D eigenvalue weighted by atomic mass is 9.81. The first kappa shape index (κ1) is 10.9. The predicted octanol–water partition coefficient (Wildman–Crippen LogP) is 3.76. The number of hydrogen-bond donors (Lipinski definition) is 1. The quantitative estimate of drug-likeness (QED) is 0.775.